The van der Waals surface area contributed by atoms with Gasteiger partial charge in [0.1, 0.15) is 0 Å². The van der Waals surface area contributed by atoms with Crippen molar-refractivity contribution in [3.8, 4) is 0 Å². The summed E-state index contributed by atoms with van der Waals surface area (Å²) in [5, 5.41) is 6.89. The van der Waals surface area contributed by atoms with Crippen molar-refractivity contribution in [2.45, 2.75) is 64.0 Å². The average molecular weight is 445 g/mol. The highest BCUT2D eigenvalue weighted by Crippen LogP contribution is 2.40. The number of likely N-dealkylation sites (tertiary alicyclic amines) is 1. The highest BCUT2D eigenvalue weighted by atomic mass is 16.5. The molecule has 0 spiro atoms. The van der Waals surface area contributed by atoms with Gasteiger partial charge in [-0.1, -0.05) is 32.9 Å². The first kappa shape index (κ1) is 24.7. The summed E-state index contributed by atoms with van der Waals surface area (Å²) in [6.07, 6.45) is 5.21. The van der Waals surface area contributed by atoms with Crippen LogP contribution in [0.15, 0.2) is 24.3 Å². The lowest BCUT2D eigenvalue weighted by Crippen LogP contribution is -2.48. The predicted molar refractivity (Wildman–Crippen MR) is 126 cm³/mol. The van der Waals surface area contributed by atoms with Crippen LogP contribution in [0.3, 0.4) is 0 Å². The second-order valence-corrected chi connectivity index (χ2v) is 11.0. The molecule has 0 unspecified atom stereocenters. The van der Waals surface area contributed by atoms with Crippen molar-refractivity contribution in [2.24, 2.45) is 17.8 Å². The number of fused-ring (bicyclic) bond motifs is 1. The number of nitrogens with zero attached hydrogens (tertiary/aromatic N) is 2. The lowest BCUT2D eigenvalue weighted by Gasteiger charge is -2.41. The fourth-order valence-electron chi connectivity index (χ4n) is 5.12. The Kier molecular flexibility index (Phi) is 7.99. The monoisotopic (exact) mass is 444 g/mol. The normalized spacial score (nSPS) is 27.5. The van der Waals surface area contributed by atoms with Gasteiger partial charge in [-0.25, -0.2) is 0 Å². The third-order valence-corrected chi connectivity index (χ3v) is 7.28. The molecule has 6 heteroatoms. The molecule has 1 N–H and O–H groups in total. The molecule has 1 aromatic carbocycles. The van der Waals surface area contributed by atoms with E-state index in [2.05, 4.69) is 56.8 Å². The van der Waals surface area contributed by atoms with E-state index in [0.29, 0.717) is 24.0 Å². The van der Waals surface area contributed by atoms with E-state index >= 15 is 0 Å². The van der Waals surface area contributed by atoms with E-state index in [1.807, 2.05) is 12.1 Å². The quantitative estimate of drug-likeness (QED) is 0.698. The molecule has 2 aliphatic carbocycles. The van der Waals surface area contributed by atoms with Gasteiger partial charge in [0.05, 0.1) is 6.10 Å². The lowest BCUT2D eigenvalue weighted by atomic mass is 9.77. The van der Waals surface area contributed by atoms with E-state index in [0.717, 1.165) is 44.0 Å². The molecule has 1 amide bonds. The van der Waals surface area contributed by atoms with Crippen LogP contribution in [0, 0.1) is 17.8 Å². The van der Waals surface area contributed by atoms with Crippen LogP contribution in [0.1, 0.15) is 62.4 Å². The van der Waals surface area contributed by atoms with Crippen molar-refractivity contribution >= 4 is 12.4 Å². The summed E-state index contributed by atoms with van der Waals surface area (Å²) in [5.41, 5.74) is 2.21. The van der Waals surface area contributed by atoms with E-state index < -0.39 is 0 Å². The Morgan fingerprint density at radius 2 is 1.69 bits per heavy atom. The number of carboxylic acid groups (broad SMARTS) is 1. The number of carbonyl (C=O) groups excluding carboxylic acids is 1. The molecule has 3 fully saturated rings. The molecule has 1 aliphatic heterocycles. The summed E-state index contributed by atoms with van der Waals surface area (Å²) in [5.74, 6) is 2.17. The van der Waals surface area contributed by atoms with Gasteiger partial charge in [0.2, 0.25) is 0 Å². The summed E-state index contributed by atoms with van der Waals surface area (Å²) in [7, 11) is 4.35. The molecule has 1 heterocycles. The van der Waals surface area contributed by atoms with E-state index in [4.69, 9.17) is 14.6 Å². The number of hydrogen-bond donors (Lipinski definition) is 1. The maximum absolute atomic E-state index is 13.2. The second kappa shape index (κ2) is 10.3. The van der Waals surface area contributed by atoms with E-state index in [1.54, 1.807) is 0 Å². The van der Waals surface area contributed by atoms with Gasteiger partial charge >= 0.3 is 0 Å². The van der Waals surface area contributed by atoms with Crippen LogP contribution in [0.2, 0.25) is 0 Å². The maximum Gasteiger partial charge on any atom is 0.290 e. The first-order chi connectivity index (χ1) is 15.1. The summed E-state index contributed by atoms with van der Waals surface area (Å²) in [4.78, 5) is 25.9. The Morgan fingerprint density at radius 3 is 2.19 bits per heavy atom. The number of rotatable bonds is 5. The fourth-order valence-corrected chi connectivity index (χ4v) is 5.12. The van der Waals surface area contributed by atoms with Crippen molar-refractivity contribution in [3.05, 3.63) is 35.4 Å². The zero-order chi connectivity index (χ0) is 23.5. The van der Waals surface area contributed by atoms with E-state index in [-0.39, 0.29) is 17.8 Å². The standard InChI is InChI=1S/C25H38N2O2.CH2O2/c1-25(2,3)21-10-8-18(9-11-21)24(28)27-14-19-12-22(26(4)5)23(13-20(19)15-27)29-16-17-6-7-17;2-1-3/h8-11,17,19-20,22-23H,6-7,12-16H2,1-5H3;1H,(H,2,3)/t19-,20+,22-,23-;/m1./s1. The van der Waals surface area contributed by atoms with Gasteiger partial charge in [-0.15, -0.1) is 0 Å². The summed E-state index contributed by atoms with van der Waals surface area (Å²) in [6.45, 7) is 9.07. The first-order valence-electron chi connectivity index (χ1n) is 11.9. The second-order valence-electron chi connectivity index (χ2n) is 11.0. The smallest absolute Gasteiger partial charge is 0.290 e. The molecule has 1 aromatic rings. The minimum atomic E-state index is -0.250. The number of ether oxygens (including phenoxy) is 1. The number of carbonyl (C=O) groups is 2. The third-order valence-electron chi connectivity index (χ3n) is 7.28. The lowest BCUT2D eigenvalue weighted by molar-refractivity contribution is -0.122. The summed E-state index contributed by atoms with van der Waals surface area (Å²) >= 11 is 0. The highest BCUT2D eigenvalue weighted by Gasteiger charge is 2.45. The van der Waals surface area contributed by atoms with Crippen LogP contribution in [0.5, 0.6) is 0 Å². The summed E-state index contributed by atoms with van der Waals surface area (Å²) < 4.78 is 6.37. The van der Waals surface area contributed by atoms with Gasteiger partial charge in [-0.2, -0.15) is 0 Å². The first-order valence-corrected chi connectivity index (χ1v) is 11.9. The average Bonchev–Trinajstić information content (AvgIpc) is 3.48. The van der Waals surface area contributed by atoms with E-state index in [9.17, 15) is 4.79 Å². The molecule has 0 radical (unpaired) electrons. The maximum atomic E-state index is 13.2. The number of amides is 1. The highest BCUT2D eigenvalue weighted by molar-refractivity contribution is 5.94. The Morgan fingerprint density at radius 1 is 1.12 bits per heavy atom. The number of likely N-dealkylation sites (N-methyl/N-ethyl adjacent to an activating group) is 1. The van der Waals surface area contributed by atoms with Crippen LogP contribution in [0.4, 0.5) is 0 Å². The Balaban J connectivity index is 0.000000913. The molecule has 3 aliphatic rings. The van der Waals surface area contributed by atoms with Crippen molar-refractivity contribution in [3.63, 3.8) is 0 Å². The topological polar surface area (TPSA) is 70.1 Å². The molecule has 4 atom stereocenters. The van der Waals surface area contributed by atoms with Crippen LogP contribution in [0.25, 0.3) is 0 Å². The SMILES string of the molecule is CN(C)[C@@H]1C[C@@H]2CN(C(=O)c3ccc(C(C)(C)C)cc3)C[C@@H]2C[C@H]1OCC1CC1.O=CO. The molecule has 32 heavy (non-hydrogen) atoms. The van der Waals surface area contributed by atoms with Gasteiger partial charge in [-0.3, -0.25) is 9.59 Å². The van der Waals surface area contributed by atoms with Crippen molar-refractivity contribution in [1.29, 1.82) is 0 Å². The predicted octanol–water partition coefficient (Wildman–Crippen LogP) is 3.89. The van der Waals surface area contributed by atoms with E-state index in [1.165, 1.54) is 18.4 Å². The van der Waals surface area contributed by atoms with Gasteiger partial charge in [-0.05, 0) is 80.6 Å². The fraction of sp³-hybridized carbons (Fsp3) is 0.692. The number of hydrogen-bond acceptors (Lipinski definition) is 4. The number of benzene rings is 1. The molecular weight excluding hydrogens is 404 g/mol. The Hall–Kier alpha value is -1.92. The zero-order valence-corrected chi connectivity index (χ0v) is 20.3. The Labute approximate surface area is 192 Å². The van der Waals surface area contributed by atoms with Crippen molar-refractivity contribution < 1.29 is 19.4 Å². The van der Waals surface area contributed by atoms with Gasteiger partial charge in [0.15, 0.2) is 0 Å². The molecule has 0 bridgehead atoms. The molecule has 0 aromatic heterocycles. The Bertz CT molecular complexity index is 767. The minimum Gasteiger partial charge on any atom is -0.483 e. The zero-order valence-electron chi connectivity index (χ0n) is 20.3. The molecule has 2 saturated carbocycles. The van der Waals surface area contributed by atoms with Crippen LogP contribution >= 0.6 is 0 Å². The van der Waals surface area contributed by atoms with Crippen molar-refractivity contribution in [2.75, 3.05) is 33.8 Å². The van der Waals surface area contributed by atoms with Crippen molar-refractivity contribution in [1.82, 2.24) is 9.80 Å². The summed E-state index contributed by atoms with van der Waals surface area (Å²) in [6, 6.07) is 8.71. The van der Waals surface area contributed by atoms with Crippen LogP contribution in [-0.2, 0) is 14.9 Å². The largest absolute Gasteiger partial charge is 0.483 e. The molecule has 4 rings (SSSR count). The van der Waals surface area contributed by atoms with Gasteiger partial charge < -0.3 is 19.6 Å². The molecule has 178 valence electrons. The minimum absolute atomic E-state index is 0.112. The molecule has 6 nitrogen and oxygen atoms in total. The van der Waals surface area contributed by atoms with Crippen LogP contribution < -0.4 is 0 Å². The van der Waals surface area contributed by atoms with Gasteiger partial charge in [0, 0.05) is 31.3 Å². The van der Waals surface area contributed by atoms with Gasteiger partial charge in [0.25, 0.3) is 12.4 Å². The molecule has 1 saturated heterocycles. The van der Waals surface area contributed by atoms with Crippen LogP contribution in [-0.4, -0.2) is 73.2 Å². The molecular formula is C26H40N2O4. The third kappa shape index (κ3) is 6.10.